The molecular formula is C15H32O3. The summed E-state index contributed by atoms with van der Waals surface area (Å²) in [5, 5.41) is 8.92. The highest BCUT2D eigenvalue weighted by atomic mass is 16.5. The van der Waals surface area contributed by atoms with Gasteiger partial charge in [-0.15, -0.1) is 0 Å². The van der Waals surface area contributed by atoms with E-state index in [1.807, 2.05) is 13.8 Å². The molecule has 110 valence electrons. The largest absolute Gasteiger partial charge is 0.394 e. The molecule has 1 N–H and O–H groups in total. The van der Waals surface area contributed by atoms with Crippen molar-refractivity contribution in [1.29, 1.82) is 0 Å². The Kier molecular flexibility index (Phi) is 6.83. The first-order valence-electron chi connectivity index (χ1n) is 6.86. The Labute approximate surface area is 113 Å². The third kappa shape index (κ3) is 6.72. The van der Waals surface area contributed by atoms with Crippen molar-refractivity contribution in [3.63, 3.8) is 0 Å². The van der Waals surface area contributed by atoms with Gasteiger partial charge in [0.05, 0.1) is 31.5 Å². The first kappa shape index (κ1) is 17.9. The molecule has 0 amide bonds. The van der Waals surface area contributed by atoms with Gasteiger partial charge in [0.2, 0.25) is 0 Å². The average Bonchev–Trinajstić information content (AvgIpc) is 2.19. The summed E-state index contributed by atoms with van der Waals surface area (Å²) in [4.78, 5) is 0. The summed E-state index contributed by atoms with van der Waals surface area (Å²) < 4.78 is 11.7. The molecule has 0 radical (unpaired) electrons. The van der Waals surface area contributed by atoms with Crippen molar-refractivity contribution in [3.8, 4) is 0 Å². The molecule has 0 heterocycles. The van der Waals surface area contributed by atoms with Crippen molar-refractivity contribution in [1.82, 2.24) is 0 Å². The van der Waals surface area contributed by atoms with E-state index < -0.39 is 0 Å². The van der Waals surface area contributed by atoms with Gasteiger partial charge in [0, 0.05) is 0 Å². The fourth-order valence-electron chi connectivity index (χ4n) is 2.33. The number of hydrogen-bond donors (Lipinski definition) is 1. The van der Waals surface area contributed by atoms with Gasteiger partial charge < -0.3 is 14.6 Å². The van der Waals surface area contributed by atoms with Crippen LogP contribution in [0.25, 0.3) is 0 Å². The van der Waals surface area contributed by atoms with E-state index in [4.69, 9.17) is 14.6 Å². The van der Waals surface area contributed by atoms with Crippen molar-refractivity contribution < 1.29 is 14.6 Å². The Balaban J connectivity index is 4.43. The fraction of sp³-hybridized carbons (Fsp3) is 1.00. The van der Waals surface area contributed by atoms with Gasteiger partial charge in [-0.25, -0.2) is 0 Å². The Morgan fingerprint density at radius 3 is 1.67 bits per heavy atom. The third-order valence-corrected chi connectivity index (χ3v) is 2.81. The molecule has 0 aromatic carbocycles. The predicted molar refractivity (Wildman–Crippen MR) is 75.7 cm³/mol. The number of aliphatic hydroxyl groups is 1. The summed E-state index contributed by atoms with van der Waals surface area (Å²) >= 11 is 0. The molecule has 0 rings (SSSR count). The minimum Gasteiger partial charge on any atom is -0.394 e. The molecule has 3 nitrogen and oxygen atoms in total. The van der Waals surface area contributed by atoms with Crippen LogP contribution in [0.3, 0.4) is 0 Å². The Morgan fingerprint density at radius 1 is 0.889 bits per heavy atom. The molecule has 0 bridgehead atoms. The number of aliphatic hydroxyl groups excluding tert-OH is 1. The lowest BCUT2D eigenvalue weighted by molar-refractivity contribution is -0.139. The summed E-state index contributed by atoms with van der Waals surface area (Å²) in [5.41, 5.74) is 0.185. The highest BCUT2D eigenvalue weighted by Gasteiger charge is 2.36. The van der Waals surface area contributed by atoms with Gasteiger partial charge in [0.15, 0.2) is 0 Å². The lowest BCUT2D eigenvalue weighted by atomic mass is 9.74. The maximum Gasteiger partial charge on any atom is 0.0784 e. The zero-order chi connectivity index (χ0) is 14.6. The van der Waals surface area contributed by atoms with Gasteiger partial charge >= 0.3 is 0 Å². The van der Waals surface area contributed by atoms with E-state index in [1.165, 1.54) is 0 Å². The maximum absolute atomic E-state index is 8.92. The number of hydrogen-bond acceptors (Lipinski definition) is 3. The Bertz CT molecular complexity index is 211. The van der Waals surface area contributed by atoms with E-state index in [1.54, 1.807) is 0 Å². The average molecular weight is 260 g/mol. The van der Waals surface area contributed by atoms with Crippen LogP contribution in [0.15, 0.2) is 0 Å². The van der Waals surface area contributed by atoms with E-state index in [0.29, 0.717) is 6.61 Å². The van der Waals surface area contributed by atoms with Crippen LogP contribution in [-0.2, 0) is 9.47 Å². The zero-order valence-electron chi connectivity index (χ0n) is 13.4. The van der Waals surface area contributed by atoms with E-state index in [0.717, 1.165) is 0 Å². The SMILES string of the molecule is CC(CO)OCC(C)OC(C(C)(C)C)C(C)(C)C. The highest BCUT2D eigenvalue weighted by molar-refractivity contribution is 4.85. The van der Waals surface area contributed by atoms with Crippen LogP contribution in [-0.4, -0.2) is 36.6 Å². The summed E-state index contributed by atoms with van der Waals surface area (Å²) in [6.45, 7) is 17.7. The van der Waals surface area contributed by atoms with Gasteiger partial charge in [-0.1, -0.05) is 41.5 Å². The van der Waals surface area contributed by atoms with Crippen molar-refractivity contribution in [3.05, 3.63) is 0 Å². The molecule has 3 heteroatoms. The lowest BCUT2D eigenvalue weighted by Crippen LogP contribution is -2.43. The predicted octanol–water partition coefficient (Wildman–Crippen LogP) is 3.25. The van der Waals surface area contributed by atoms with Crippen LogP contribution in [0, 0.1) is 10.8 Å². The summed E-state index contributed by atoms with van der Waals surface area (Å²) in [7, 11) is 0. The van der Waals surface area contributed by atoms with Gasteiger partial charge in [-0.05, 0) is 24.7 Å². The molecule has 2 atom stereocenters. The zero-order valence-corrected chi connectivity index (χ0v) is 13.4. The van der Waals surface area contributed by atoms with Gasteiger partial charge in [-0.2, -0.15) is 0 Å². The Morgan fingerprint density at radius 2 is 1.33 bits per heavy atom. The molecule has 18 heavy (non-hydrogen) atoms. The molecule has 2 unspecified atom stereocenters. The van der Waals surface area contributed by atoms with Crippen LogP contribution in [0.5, 0.6) is 0 Å². The molecule has 0 spiro atoms. The molecular weight excluding hydrogens is 228 g/mol. The van der Waals surface area contributed by atoms with Gasteiger partial charge in [0.25, 0.3) is 0 Å². The van der Waals surface area contributed by atoms with E-state index >= 15 is 0 Å². The molecule has 0 aromatic heterocycles. The second-order valence-corrected chi connectivity index (χ2v) is 7.39. The summed E-state index contributed by atoms with van der Waals surface area (Å²) in [6.07, 6.45) is 0.0641. The second-order valence-electron chi connectivity index (χ2n) is 7.39. The lowest BCUT2D eigenvalue weighted by Gasteiger charge is -2.42. The van der Waals surface area contributed by atoms with E-state index in [2.05, 4.69) is 41.5 Å². The normalized spacial score (nSPS) is 17.0. The van der Waals surface area contributed by atoms with Crippen molar-refractivity contribution in [2.24, 2.45) is 10.8 Å². The fourth-order valence-corrected chi connectivity index (χ4v) is 2.33. The standard InChI is InChI=1S/C15H32O3/c1-11(9-16)17-10-12(2)18-13(14(3,4)5)15(6,7)8/h11-13,16H,9-10H2,1-8H3. The monoisotopic (exact) mass is 260 g/mol. The van der Waals surface area contributed by atoms with E-state index in [9.17, 15) is 0 Å². The van der Waals surface area contributed by atoms with Gasteiger partial charge in [-0.3, -0.25) is 0 Å². The summed E-state index contributed by atoms with van der Waals surface area (Å²) in [5.74, 6) is 0. The molecule has 0 aliphatic carbocycles. The summed E-state index contributed by atoms with van der Waals surface area (Å²) in [6, 6.07) is 0. The number of ether oxygens (including phenoxy) is 2. The van der Waals surface area contributed by atoms with Crippen LogP contribution < -0.4 is 0 Å². The van der Waals surface area contributed by atoms with Crippen molar-refractivity contribution in [2.45, 2.75) is 73.7 Å². The van der Waals surface area contributed by atoms with Crippen LogP contribution in [0.4, 0.5) is 0 Å². The first-order valence-corrected chi connectivity index (χ1v) is 6.86. The minimum absolute atomic E-state index is 0.0300. The molecule has 0 aliphatic heterocycles. The van der Waals surface area contributed by atoms with Crippen molar-refractivity contribution >= 4 is 0 Å². The quantitative estimate of drug-likeness (QED) is 0.796. The van der Waals surface area contributed by atoms with Crippen LogP contribution in [0.1, 0.15) is 55.4 Å². The van der Waals surface area contributed by atoms with Crippen molar-refractivity contribution in [2.75, 3.05) is 13.2 Å². The molecule has 0 fully saturated rings. The highest BCUT2D eigenvalue weighted by Crippen LogP contribution is 2.36. The molecule has 0 aromatic rings. The molecule has 0 aliphatic rings. The maximum atomic E-state index is 8.92. The van der Waals surface area contributed by atoms with E-state index in [-0.39, 0.29) is 35.7 Å². The third-order valence-electron chi connectivity index (χ3n) is 2.81. The molecule has 0 saturated heterocycles. The Hall–Kier alpha value is -0.120. The van der Waals surface area contributed by atoms with Crippen LogP contribution in [0.2, 0.25) is 0 Å². The number of rotatable bonds is 6. The molecule has 0 saturated carbocycles. The van der Waals surface area contributed by atoms with Gasteiger partial charge in [0.1, 0.15) is 0 Å². The smallest absolute Gasteiger partial charge is 0.0784 e. The van der Waals surface area contributed by atoms with Crippen LogP contribution >= 0.6 is 0 Å². The second kappa shape index (κ2) is 6.88. The minimum atomic E-state index is -0.126. The topological polar surface area (TPSA) is 38.7 Å². The first-order chi connectivity index (χ1) is 7.98.